The van der Waals surface area contributed by atoms with Crippen molar-refractivity contribution in [2.75, 3.05) is 10.7 Å². The Labute approximate surface area is 189 Å². The van der Waals surface area contributed by atoms with Gasteiger partial charge in [0.15, 0.2) is 5.13 Å². The average Bonchev–Trinajstić information content (AvgIpc) is 3.19. The lowest BCUT2D eigenvalue weighted by atomic mass is 10.2. The Morgan fingerprint density at radius 1 is 1.13 bits per heavy atom. The number of carbonyl (C=O) groups excluding carboxylic acids is 1. The van der Waals surface area contributed by atoms with Gasteiger partial charge in [0.25, 0.3) is 0 Å². The summed E-state index contributed by atoms with van der Waals surface area (Å²) in [5, 5.41) is 0.697. The number of thiazole rings is 1. The van der Waals surface area contributed by atoms with Crippen molar-refractivity contribution in [3.05, 3.63) is 83.9 Å². The van der Waals surface area contributed by atoms with Crippen LogP contribution in [0.4, 0.5) is 9.52 Å². The standard InChI is InChI=1S/C24H22FN3OS2/c1-17-7-12-21-22(15-17)31-24(27-21)28(16-19-5-2-3-13-26-19)23(29)6-4-14-30-20-10-8-18(25)9-11-20/h2-3,5,7-13,15H,4,6,14,16H2,1H3. The number of nitrogens with zero attached hydrogens (tertiary/aromatic N) is 3. The van der Waals surface area contributed by atoms with Gasteiger partial charge < -0.3 is 0 Å². The molecule has 0 aliphatic heterocycles. The number of pyridine rings is 1. The first kappa shape index (κ1) is 21.5. The topological polar surface area (TPSA) is 46.1 Å². The zero-order valence-electron chi connectivity index (χ0n) is 17.1. The Morgan fingerprint density at radius 2 is 1.97 bits per heavy atom. The van der Waals surface area contributed by atoms with E-state index in [0.717, 1.165) is 33.0 Å². The lowest BCUT2D eigenvalue weighted by Crippen LogP contribution is -2.30. The number of benzene rings is 2. The van der Waals surface area contributed by atoms with Gasteiger partial charge in [-0.15, -0.1) is 11.8 Å². The number of fused-ring (bicyclic) bond motifs is 1. The van der Waals surface area contributed by atoms with Crippen molar-refractivity contribution in [2.24, 2.45) is 0 Å². The molecule has 4 nitrogen and oxygen atoms in total. The molecule has 0 radical (unpaired) electrons. The molecule has 4 aromatic rings. The third kappa shape index (κ3) is 5.68. The molecule has 0 unspecified atom stereocenters. The molecule has 31 heavy (non-hydrogen) atoms. The van der Waals surface area contributed by atoms with Gasteiger partial charge in [-0.25, -0.2) is 9.37 Å². The summed E-state index contributed by atoms with van der Waals surface area (Å²) in [6, 6.07) is 18.3. The van der Waals surface area contributed by atoms with Crippen LogP contribution in [0, 0.1) is 12.7 Å². The highest BCUT2D eigenvalue weighted by molar-refractivity contribution is 7.99. The summed E-state index contributed by atoms with van der Waals surface area (Å²) < 4.78 is 14.1. The van der Waals surface area contributed by atoms with Crippen molar-refractivity contribution in [3.63, 3.8) is 0 Å². The number of hydrogen-bond acceptors (Lipinski definition) is 5. The number of halogens is 1. The monoisotopic (exact) mass is 451 g/mol. The Balaban J connectivity index is 1.46. The van der Waals surface area contributed by atoms with Crippen LogP contribution in [0.3, 0.4) is 0 Å². The summed E-state index contributed by atoms with van der Waals surface area (Å²) in [4.78, 5) is 25.0. The van der Waals surface area contributed by atoms with Crippen LogP contribution in [-0.2, 0) is 11.3 Å². The molecular formula is C24H22FN3OS2. The number of aromatic nitrogens is 2. The predicted molar refractivity (Wildman–Crippen MR) is 126 cm³/mol. The van der Waals surface area contributed by atoms with E-state index in [1.54, 1.807) is 35.0 Å². The largest absolute Gasteiger partial charge is 0.282 e. The van der Waals surface area contributed by atoms with Gasteiger partial charge >= 0.3 is 0 Å². The molecule has 0 atom stereocenters. The maximum absolute atomic E-state index is 13.2. The molecule has 4 rings (SSSR count). The average molecular weight is 452 g/mol. The van der Waals surface area contributed by atoms with Crippen LogP contribution >= 0.6 is 23.1 Å². The molecule has 0 fully saturated rings. The van der Waals surface area contributed by atoms with Gasteiger partial charge in [0, 0.05) is 17.5 Å². The number of carbonyl (C=O) groups is 1. The Bertz CT molecular complexity index is 1160. The Hall–Kier alpha value is -2.77. The molecule has 0 saturated carbocycles. The maximum atomic E-state index is 13.2. The van der Waals surface area contributed by atoms with Crippen LogP contribution in [-0.4, -0.2) is 21.6 Å². The van der Waals surface area contributed by atoms with Crippen LogP contribution in [0.15, 0.2) is 71.8 Å². The van der Waals surface area contributed by atoms with Crippen LogP contribution in [0.25, 0.3) is 10.2 Å². The highest BCUT2D eigenvalue weighted by Gasteiger charge is 2.20. The van der Waals surface area contributed by atoms with Crippen molar-refractivity contribution in [1.82, 2.24) is 9.97 Å². The summed E-state index contributed by atoms with van der Waals surface area (Å²) in [6.45, 7) is 2.44. The van der Waals surface area contributed by atoms with E-state index in [1.165, 1.54) is 29.0 Å². The fraction of sp³-hybridized carbons (Fsp3) is 0.208. The van der Waals surface area contributed by atoms with E-state index in [1.807, 2.05) is 30.3 Å². The highest BCUT2D eigenvalue weighted by atomic mass is 32.2. The Morgan fingerprint density at radius 3 is 2.74 bits per heavy atom. The lowest BCUT2D eigenvalue weighted by molar-refractivity contribution is -0.118. The van der Waals surface area contributed by atoms with E-state index in [9.17, 15) is 9.18 Å². The van der Waals surface area contributed by atoms with Crippen molar-refractivity contribution in [1.29, 1.82) is 0 Å². The molecule has 7 heteroatoms. The van der Waals surface area contributed by atoms with E-state index in [2.05, 4.69) is 18.0 Å². The first-order valence-corrected chi connectivity index (χ1v) is 11.8. The molecule has 0 spiro atoms. The summed E-state index contributed by atoms with van der Waals surface area (Å²) >= 11 is 3.16. The lowest BCUT2D eigenvalue weighted by Gasteiger charge is -2.19. The highest BCUT2D eigenvalue weighted by Crippen LogP contribution is 2.31. The van der Waals surface area contributed by atoms with Crippen LogP contribution in [0.5, 0.6) is 0 Å². The third-order valence-electron chi connectivity index (χ3n) is 4.73. The van der Waals surface area contributed by atoms with Crippen LogP contribution < -0.4 is 4.90 Å². The molecule has 2 aromatic carbocycles. The van der Waals surface area contributed by atoms with Gasteiger partial charge in [-0.1, -0.05) is 23.5 Å². The molecule has 0 aliphatic carbocycles. The van der Waals surface area contributed by atoms with Gasteiger partial charge in [0.2, 0.25) is 5.91 Å². The fourth-order valence-electron chi connectivity index (χ4n) is 3.13. The normalized spacial score (nSPS) is 11.0. The minimum atomic E-state index is -0.240. The van der Waals surface area contributed by atoms with Crippen molar-refractivity contribution >= 4 is 44.4 Å². The number of aryl methyl sites for hydroxylation is 1. The second kappa shape index (κ2) is 10.0. The molecular weight excluding hydrogens is 429 g/mol. The van der Waals surface area contributed by atoms with Gasteiger partial charge in [-0.05, 0) is 73.2 Å². The van der Waals surface area contributed by atoms with Gasteiger partial charge in [0.1, 0.15) is 5.82 Å². The summed E-state index contributed by atoms with van der Waals surface area (Å²) in [5.74, 6) is 0.574. The summed E-state index contributed by atoms with van der Waals surface area (Å²) in [7, 11) is 0. The zero-order valence-corrected chi connectivity index (χ0v) is 18.8. The quantitative estimate of drug-likeness (QED) is 0.235. The van der Waals surface area contributed by atoms with Crippen LogP contribution in [0.2, 0.25) is 0 Å². The molecule has 2 heterocycles. The summed E-state index contributed by atoms with van der Waals surface area (Å²) in [5.41, 5.74) is 2.89. The van der Waals surface area contributed by atoms with E-state index < -0.39 is 0 Å². The second-order valence-corrected chi connectivity index (χ2v) is 9.35. The van der Waals surface area contributed by atoms with Crippen LogP contribution in [0.1, 0.15) is 24.1 Å². The Kier molecular flexibility index (Phi) is 6.94. The van der Waals surface area contributed by atoms with E-state index >= 15 is 0 Å². The van der Waals surface area contributed by atoms with Gasteiger partial charge in [-0.3, -0.25) is 14.7 Å². The van der Waals surface area contributed by atoms with Crippen molar-refractivity contribution < 1.29 is 9.18 Å². The molecule has 0 saturated heterocycles. The first-order chi connectivity index (χ1) is 15.1. The van der Waals surface area contributed by atoms with Gasteiger partial charge in [0.05, 0.1) is 22.5 Å². The number of hydrogen-bond donors (Lipinski definition) is 0. The number of amides is 1. The third-order valence-corrected chi connectivity index (χ3v) is 6.87. The molecule has 0 bridgehead atoms. The fourth-order valence-corrected chi connectivity index (χ4v) is 5.06. The molecule has 2 aromatic heterocycles. The van der Waals surface area contributed by atoms with Gasteiger partial charge in [-0.2, -0.15) is 0 Å². The number of rotatable bonds is 8. The van der Waals surface area contributed by atoms with E-state index in [0.29, 0.717) is 18.1 Å². The van der Waals surface area contributed by atoms with Crippen molar-refractivity contribution in [3.8, 4) is 0 Å². The van der Waals surface area contributed by atoms with E-state index in [-0.39, 0.29) is 11.7 Å². The minimum Gasteiger partial charge on any atom is -0.282 e. The maximum Gasteiger partial charge on any atom is 0.229 e. The van der Waals surface area contributed by atoms with Crippen molar-refractivity contribution in [2.45, 2.75) is 31.2 Å². The molecule has 0 aliphatic rings. The predicted octanol–water partition coefficient (Wildman–Crippen LogP) is 6.24. The smallest absolute Gasteiger partial charge is 0.229 e. The number of anilines is 1. The summed E-state index contributed by atoms with van der Waals surface area (Å²) in [6.07, 6.45) is 2.87. The number of thioether (sulfide) groups is 1. The molecule has 158 valence electrons. The molecule has 0 N–H and O–H groups in total. The molecule has 1 amide bonds. The first-order valence-electron chi connectivity index (χ1n) is 10.0. The minimum absolute atomic E-state index is 0.0288. The second-order valence-electron chi connectivity index (χ2n) is 7.17. The SMILES string of the molecule is Cc1ccc2nc(N(Cc3ccccn3)C(=O)CCCSc3ccc(F)cc3)sc2c1. The van der Waals surface area contributed by atoms with E-state index in [4.69, 9.17) is 4.98 Å². The zero-order chi connectivity index (χ0) is 21.6.